The minimum Gasteiger partial charge on any atom is -0.368 e. The first-order valence-corrected chi connectivity index (χ1v) is 7.69. The van der Waals surface area contributed by atoms with E-state index in [-0.39, 0.29) is 17.9 Å². The van der Waals surface area contributed by atoms with Gasteiger partial charge in [-0.15, -0.1) is 0 Å². The molecule has 0 radical (unpaired) electrons. The molecule has 0 aliphatic carbocycles. The van der Waals surface area contributed by atoms with Crippen molar-refractivity contribution in [2.24, 2.45) is 5.73 Å². The molecular weight excluding hydrogens is 282 g/mol. The van der Waals surface area contributed by atoms with Crippen LogP contribution < -0.4 is 16.4 Å². The summed E-state index contributed by atoms with van der Waals surface area (Å²) in [6.07, 6.45) is 2.84. The smallest absolute Gasteiger partial charge is 0.253 e. The molecule has 2 amide bonds. The van der Waals surface area contributed by atoms with Gasteiger partial charge in [-0.05, 0) is 43.5 Å². The van der Waals surface area contributed by atoms with Crippen molar-refractivity contribution in [3.63, 3.8) is 0 Å². The Morgan fingerprint density at radius 3 is 2.45 bits per heavy atom. The van der Waals surface area contributed by atoms with Gasteiger partial charge in [-0.1, -0.05) is 13.3 Å². The van der Waals surface area contributed by atoms with E-state index in [1.807, 2.05) is 6.92 Å². The molecule has 1 heterocycles. The minimum absolute atomic E-state index is 0.126. The number of benzene rings is 1. The molecule has 22 heavy (non-hydrogen) atoms. The Hall–Kier alpha value is -1.92. The van der Waals surface area contributed by atoms with E-state index in [2.05, 4.69) is 10.6 Å². The van der Waals surface area contributed by atoms with Crippen molar-refractivity contribution >= 4 is 23.2 Å². The van der Waals surface area contributed by atoms with E-state index >= 15 is 0 Å². The van der Waals surface area contributed by atoms with Gasteiger partial charge < -0.3 is 21.1 Å². The summed E-state index contributed by atoms with van der Waals surface area (Å²) < 4.78 is 5.33. The normalized spacial score (nSPS) is 18.7. The van der Waals surface area contributed by atoms with E-state index in [0.717, 1.165) is 19.3 Å². The largest absolute Gasteiger partial charge is 0.368 e. The molecule has 1 aliphatic rings. The van der Waals surface area contributed by atoms with Gasteiger partial charge in [0.1, 0.15) is 6.10 Å². The lowest BCUT2D eigenvalue weighted by molar-refractivity contribution is -0.124. The lowest BCUT2D eigenvalue weighted by Crippen LogP contribution is -2.35. The number of hydrogen-bond donors (Lipinski definition) is 3. The van der Waals surface area contributed by atoms with Crippen LogP contribution in [0, 0.1) is 0 Å². The summed E-state index contributed by atoms with van der Waals surface area (Å²) in [6, 6.07) is 6.47. The fourth-order valence-corrected chi connectivity index (χ4v) is 2.32. The predicted molar refractivity (Wildman–Crippen MR) is 85.6 cm³/mol. The number of nitrogens with two attached hydrogens (primary N) is 1. The summed E-state index contributed by atoms with van der Waals surface area (Å²) >= 11 is 0. The summed E-state index contributed by atoms with van der Waals surface area (Å²) in [5, 5.41) is 5.57. The van der Waals surface area contributed by atoms with Crippen molar-refractivity contribution < 1.29 is 14.3 Å². The number of anilines is 2. The van der Waals surface area contributed by atoms with E-state index in [1.54, 1.807) is 24.3 Å². The molecule has 120 valence electrons. The van der Waals surface area contributed by atoms with Crippen molar-refractivity contribution in [2.75, 3.05) is 17.2 Å². The van der Waals surface area contributed by atoms with Crippen LogP contribution in [0.5, 0.6) is 0 Å². The third kappa shape index (κ3) is 4.54. The van der Waals surface area contributed by atoms with Gasteiger partial charge >= 0.3 is 0 Å². The van der Waals surface area contributed by atoms with E-state index < -0.39 is 6.04 Å². The van der Waals surface area contributed by atoms with Gasteiger partial charge in [0.2, 0.25) is 5.91 Å². The molecule has 6 nitrogen and oxygen atoms in total. The maximum atomic E-state index is 11.9. The van der Waals surface area contributed by atoms with Crippen LogP contribution in [0.4, 0.5) is 11.4 Å². The van der Waals surface area contributed by atoms with Crippen LogP contribution in [0.3, 0.4) is 0 Å². The van der Waals surface area contributed by atoms with E-state index in [0.29, 0.717) is 24.4 Å². The van der Waals surface area contributed by atoms with Gasteiger partial charge in [0, 0.05) is 18.0 Å². The number of carbonyl (C=O) groups is 2. The van der Waals surface area contributed by atoms with Crippen molar-refractivity contribution in [1.29, 1.82) is 0 Å². The highest BCUT2D eigenvalue weighted by molar-refractivity contribution is 5.96. The van der Waals surface area contributed by atoms with Crippen LogP contribution in [0.1, 0.15) is 32.6 Å². The van der Waals surface area contributed by atoms with Crippen LogP contribution in [-0.2, 0) is 14.3 Å². The van der Waals surface area contributed by atoms with Crippen LogP contribution in [-0.4, -0.2) is 30.6 Å². The van der Waals surface area contributed by atoms with Gasteiger partial charge in [-0.25, -0.2) is 0 Å². The van der Waals surface area contributed by atoms with Crippen LogP contribution in [0.2, 0.25) is 0 Å². The second kappa shape index (κ2) is 7.91. The lowest BCUT2D eigenvalue weighted by atomic mass is 10.1. The molecule has 1 aromatic rings. The number of nitrogens with one attached hydrogen (secondary N) is 2. The summed E-state index contributed by atoms with van der Waals surface area (Å²) in [5.41, 5.74) is 7.09. The molecule has 1 aromatic carbocycles. The molecule has 2 unspecified atom stereocenters. The molecule has 0 aromatic heterocycles. The second-order valence-electron chi connectivity index (χ2n) is 5.45. The maximum absolute atomic E-state index is 11.9. The first-order valence-electron chi connectivity index (χ1n) is 7.69. The standard InChI is InChI=1S/C16H23N3O3/c1-2-4-13(17)15(20)18-11-6-8-12(9-7-11)19-16(21)14-5-3-10-22-14/h6-9,13-14H,2-5,10,17H2,1H3,(H,18,20)(H,19,21). The van der Waals surface area contributed by atoms with E-state index in [9.17, 15) is 9.59 Å². The van der Waals surface area contributed by atoms with Gasteiger partial charge in [0.05, 0.1) is 6.04 Å². The summed E-state index contributed by atoms with van der Waals surface area (Å²) in [6.45, 7) is 2.62. The molecule has 2 rings (SSSR count). The third-order valence-corrected chi connectivity index (χ3v) is 3.58. The summed E-state index contributed by atoms with van der Waals surface area (Å²) in [7, 11) is 0. The molecule has 0 saturated carbocycles. The number of hydrogen-bond acceptors (Lipinski definition) is 4. The fourth-order valence-electron chi connectivity index (χ4n) is 2.32. The Morgan fingerprint density at radius 2 is 1.91 bits per heavy atom. The SMILES string of the molecule is CCCC(N)C(=O)Nc1ccc(NC(=O)C2CCCO2)cc1. The molecule has 0 bridgehead atoms. The maximum Gasteiger partial charge on any atom is 0.253 e. The molecule has 0 spiro atoms. The van der Waals surface area contributed by atoms with Gasteiger partial charge in [0.25, 0.3) is 5.91 Å². The van der Waals surface area contributed by atoms with Crippen molar-refractivity contribution in [1.82, 2.24) is 0 Å². The zero-order valence-electron chi connectivity index (χ0n) is 12.8. The highest BCUT2D eigenvalue weighted by Gasteiger charge is 2.23. The van der Waals surface area contributed by atoms with Crippen molar-refractivity contribution in [3.05, 3.63) is 24.3 Å². The highest BCUT2D eigenvalue weighted by Crippen LogP contribution is 2.17. The lowest BCUT2D eigenvalue weighted by Gasteiger charge is -2.13. The van der Waals surface area contributed by atoms with Crippen LogP contribution in [0.25, 0.3) is 0 Å². The Morgan fingerprint density at radius 1 is 1.27 bits per heavy atom. The van der Waals surface area contributed by atoms with Crippen LogP contribution in [0.15, 0.2) is 24.3 Å². The third-order valence-electron chi connectivity index (χ3n) is 3.58. The number of rotatable bonds is 6. The fraction of sp³-hybridized carbons (Fsp3) is 0.500. The number of ether oxygens (including phenoxy) is 1. The Balaban J connectivity index is 1.87. The average Bonchev–Trinajstić information content (AvgIpc) is 3.04. The average molecular weight is 305 g/mol. The molecule has 2 atom stereocenters. The quantitative estimate of drug-likeness (QED) is 0.748. The first-order chi connectivity index (χ1) is 10.6. The molecule has 4 N–H and O–H groups in total. The highest BCUT2D eigenvalue weighted by atomic mass is 16.5. The minimum atomic E-state index is -0.496. The Labute approximate surface area is 130 Å². The van der Waals surface area contributed by atoms with Gasteiger partial charge in [0.15, 0.2) is 0 Å². The molecule has 1 fully saturated rings. The van der Waals surface area contributed by atoms with E-state index in [1.165, 1.54) is 0 Å². The van der Waals surface area contributed by atoms with E-state index in [4.69, 9.17) is 10.5 Å². The molecule has 1 saturated heterocycles. The Kier molecular flexibility index (Phi) is 5.91. The zero-order valence-corrected chi connectivity index (χ0v) is 12.8. The monoisotopic (exact) mass is 305 g/mol. The molecular formula is C16H23N3O3. The summed E-state index contributed by atoms with van der Waals surface area (Å²) in [4.78, 5) is 23.7. The topological polar surface area (TPSA) is 93.5 Å². The van der Waals surface area contributed by atoms with Gasteiger partial charge in [-0.3, -0.25) is 9.59 Å². The number of carbonyl (C=O) groups excluding carboxylic acids is 2. The van der Waals surface area contributed by atoms with Gasteiger partial charge in [-0.2, -0.15) is 0 Å². The predicted octanol–water partition coefficient (Wildman–Crippen LogP) is 1.87. The van der Waals surface area contributed by atoms with Crippen molar-refractivity contribution in [3.8, 4) is 0 Å². The zero-order chi connectivity index (χ0) is 15.9. The molecule has 6 heteroatoms. The van der Waals surface area contributed by atoms with Crippen LogP contribution >= 0.6 is 0 Å². The summed E-state index contributed by atoms with van der Waals surface area (Å²) in [5.74, 6) is -0.322. The Bertz CT molecular complexity index is 510. The first kappa shape index (κ1) is 16.5. The molecule has 1 aliphatic heterocycles. The second-order valence-corrected chi connectivity index (χ2v) is 5.45. The van der Waals surface area contributed by atoms with Crippen molar-refractivity contribution in [2.45, 2.75) is 44.8 Å². The number of amides is 2.